The van der Waals surface area contributed by atoms with Crippen molar-refractivity contribution in [1.29, 1.82) is 0 Å². The zero-order valence-electron chi connectivity index (χ0n) is 12.6. The monoisotopic (exact) mass is 339 g/mol. The van der Waals surface area contributed by atoms with Crippen molar-refractivity contribution in [3.63, 3.8) is 0 Å². The van der Waals surface area contributed by atoms with Crippen molar-refractivity contribution in [2.45, 2.75) is 18.9 Å². The summed E-state index contributed by atoms with van der Waals surface area (Å²) in [6.45, 7) is 5.48. The highest BCUT2D eigenvalue weighted by Gasteiger charge is 2.25. The van der Waals surface area contributed by atoms with Crippen LogP contribution in [0.2, 0.25) is 0 Å². The molecule has 122 valence electrons. The Labute approximate surface area is 131 Å². The molecule has 0 saturated carbocycles. The van der Waals surface area contributed by atoms with Gasteiger partial charge in [-0.15, -0.1) is 12.4 Å². The average Bonchev–Trinajstić information content (AvgIpc) is 2.77. The topological polar surface area (TPSA) is 91.6 Å². The normalized spacial score (nSPS) is 11.3. The lowest BCUT2D eigenvalue weighted by atomic mass is 10.2. The zero-order chi connectivity index (χ0) is 15.3. The maximum atomic E-state index is 11.9. The van der Waals surface area contributed by atoms with Gasteiger partial charge < -0.3 is 15.1 Å². The van der Waals surface area contributed by atoms with E-state index in [9.17, 15) is 13.2 Å². The van der Waals surface area contributed by atoms with Crippen LogP contribution in [-0.2, 0) is 10.0 Å². The molecule has 0 aromatic carbocycles. The third-order valence-corrected chi connectivity index (χ3v) is 4.38. The number of nitrogens with zero attached hydrogens (tertiary/aromatic N) is 1. The Morgan fingerprint density at radius 1 is 1.33 bits per heavy atom. The standard InChI is InChI=1S/C12H21N3O4S.ClH/c1-5-13-6-7-14-12(16)10-8-11(19-9(10)2)20(17,18)15(3)4;/h8,13H,5-7H2,1-4H3,(H,14,16);1H. The van der Waals surface area contributed by atoms with Crippen molar-refractivity contribution in [2.24, 2.45) is 0 Å². The molecule has 1 amide bonds. The molecule has 1 heterocycles. The van der Waals surface area contributed by atoms with Crippen LogP contribution in [0.25, 0.3) is 0 Å². The molecule has 2 N–H and O–H groups in total. The van der Waals surface area contributed by atoms with Gasteiger partial charge in [0.15, 0.2) is 0 Å². The molecule has 0 aliphatic rings. The van der Waals surface area contributed by atoms with Crippen LogP contribution in [0.3, 0.4) is 0 Å². The van der Waals surface area contributed by atoms with E-state index in [1.165, 1.54) is 20.2 Å². The Morgan fingerprint density at radius 2 is 1.95 bits per heavy atom. The predicted molar refractivity (Wildman–Crippen MR) is 82.4 cm³/mol. The lowest BCUT2D eigenvalue weighted by molar-refractivity contribution is 0.0952. The molecule has 0 spiro atoms. The van der Waals surface area contributed by atoms with E-state index in [1.807, 2.05) is 6.92 Å². The first-order valence-electron chi connectivity index (χ1n) is 6.32. The molecule has 1 rings (SSSR count). The molecule has 0 unspecified atom stereocenters. The van der Waals surface area contributed by atoms with Gasteiger partial charge in [0.1, 0.15) is 5.76 Å². The molecular weight excluding hydrogens is 318 g/mol. The molecule has 9 heteroatoms. The molecule has 0 aliphatic carbocycles. The van der Waals surface area contributed by atoms with Gasteiger partial charge in [0.05, 0.1) is 5.56 Å². The molecule has 0 atom stereocenters. The fourth-order valence-corrected chi connectivity index (χ4v) is 2.38. The molecule has 0 aliphatic heterocycles. The van der Waals surface area contributed by atoms with E-state index in [0.29, 0.717) is 13.1 Å². The number of rotatable bonds is 7. The molecule has 1 aromatic heterocycles. The Kier molecular flexibility index (Phi) is 7.94. The van der Waals surface area contributed by atoms with Gasteiger partial charge in [0.25, 0.3) is 15.9 Å². The van der Waals surface area contributed by atoms with Crippen LogP contribution in [0.1, 0.15) is 23.0 Å². The van der Waals surface area contributed by atoms with Crippen LogP contribution in [0.4, 0.5) is 0 Å². The molecule has 7 nitrogen and oxygen atoms in total. The van der Waals surface area contributed by atoms with Gasteiger partial charge in [-0.25, -0.2) is 12.7 Å². The number of sulfonamides is 1. The van der Waals surface area contributed by atoms with E-state index in [-0.39, 0.29) is 34.7 Å². The Morgan fingerprint density at radius 3 is 2.48 bits per heavy atom. The number of aryl methyl sites for hydroxylation is 1. The van der Waals surface area contributed by atoms with Crippen molar-refractivity contribution in [1.82, 2.24) is 14.9 Å². The summed E-state index contributed by atoms with van der Waals surface area (Å²) < 4.78 is 30.0. The fraction of sp³-hybridized carbons (Fsp3) is 0.583. The number of amides is 1. The number of halogens is 1. The largest absolute Gasteiger partial charge is 0.448 e. The molecule has 21 heavy (non-hydrogen) atoms. The zero-order valence-corrected chi connectivity index (χ0v) is 14.2. The van der Waals surface area contributed by atoms with Gasteiger partial charge in [-0.2, -0.15) is 0 Å². The Bertz CT molecular complexity index is 569. The van der Waals surface area contributed by atoms with E-state index < -0.39 is 10.0 Å². The van der Waals surface area contributed by atoms with Crippen molar-refractivity contribution >= 4 is 28.3 Å². The summed E-state index contributed by atoms with van der Waals surface area (Å²) in [6.07, 6.45) is 0. The molecule has 0 radical (unpaired) electrons. The van der Waals surface area contributed by atoms with Crippen LogP contribution in [0, 0.1) is 6.92 Å². The first kappa shape index (κ1) is 19.9. The van der Waals surface area contributed by atoms with Gasteiger partial charge in [-0.05, 0) is 13.5 Å². The number of furan rings is 1. The van der Waals surface area contributed by atoms with E-state index in [4.69, 9.17) is 4.42 Å². The van der Waals surface area contributed by atoms with Crippen LogP contribution >= 0.6 is 12.4 Å². The maximum absolute atomic E-state index is 11.9. The van der Waals surface area contributed by atoms with E-state index >= 15 is 0 Å². The smallest absolute Gasteiger partial charge is 0.275 e. The molecular formula is C12H22ClN3O4S. The van der Waals surface area contributed by atoms with E-state index in [2.05, 4.69) is 10.6 Å². The maximum Gasteiger partial charge on any atom is 0.275 e. The number of likely N-dealkylation sites (N-methyl/N-ethyl adjacent to an activating group) is 1. The second-order valence-electron chi connectivity index (χ2n) is 4.43. The molecule has 0 saturated heterocycles. The summed E-state index contributed by atoms with van der Waals surface area (Å²) in [5.41, 5.74) is 0.238. The lowest BCUT2D eigenvalue weighted by Gasteiger charge is -2.07. The number of carbonyl (C=O) groups is 1. The lowest BCUT2D eigenvalue weighted by Crippen LogP contribution is -2.31. The predicted octanol–water partition coefficient (Wildman–Crippen LogP) is 0.599. The molecule has 0 bridgehead atoms. The van der Waals surface area contributed by atoms with Crippen molar-refractivity contribution < 1.29 is 17.6 Å². The van der Waals surface area contributed by atoms with Crippen LogP contribution in [0.5, 0.6) is 0 Å². The minimum atomic E-state index is -3.67. The fourth-order valence-electron chi connectivity index (χ4n) is 1.52. The number of nitrogens with one attached hydrogen (secondary N) is 2. The SMILES string of the molecule is CCNCCNC(=O)c1cc(S(=O)(=O)N(C)C)oc1C.Cl. The third kappa shape index (κ3) is 4.99. The summed E-state index contributed by atoms with van der Waals surface area (Å²) in [6, 6.07) is 1.26. The van der Waals surface area contributed by atoms with Gasteiger partial charge in [0.2, 0.25) is 5.09 Å². The van der Waals surface area contributed by atoms with Crippen molar-refractivity contribution in [3.8, 4) is 0 Å². The highest BCUT2D eigenvalue weighted by atomic mass is 35.5. The van der Waals surface area contributed by atoms with Crippen molar-refractivity contribution in [2.75, 3.05) is 33.7 Å². The second-order valence-corrected chi connectivity index (χ2v) is 6.51. The van der Waals surface area contributed by atoms with Gasteiger partial charge in [-0.1, -0.05) is 6.92 Å². The molecule has 1 aromatic rings. The highest BCUT2D eigenvalue weighted by molar-refractivity contribution is 7.88. The Hall–Kier alpha value is -1.09. The van der Waals surface area contributed by atoms with E-state index in [0.717, 1.165) is 10.8 Å². The summed E-state index contributed by atoms with van der Waals surface area (Å²) in [7, 11) is -0.855. The summed E-state index contributed by atoms with van der Waals surface area (Å²) in [4.78, 5) is 11.9. The number of hydrogen-bond acceptors (Lipinski definition) is 5. The Balaban J connectivity index is 0.00000400. The number of carbonyl (C=O) groups excluding carboxylic acids is 1. The minimum Gasteiger partial charge on any atom is -0.448 e. The highest BCUT2D eigenvalue weighted by Crippen LogP contribution is 2.21. The van der Waals surface area contributed by atoms with Crippen LogP contribution < -0.4 is 10.6 Å². The summed E-state index contributed by atoms with van der Waals surface area (Å²) >= 11 is 0. The quantitative estimate of drug-likeness (QED) is 0.710. The average molecular weight is 340 g/mol. The third-order valence-electron chi connectivity index (χ3n) is 2.71. The van der Waals surface area contributed by atoms with Gasteiger partial charge >= 0.3 is 0 Å². The van der Waals surface area contributed by atoms with Crippen LogP contribution in [0.15, 0.2) is 15.6 Å². The summed E-state index contributed by atoms with van der Waals surface area (Å²) in [5.74, 6) is -0.0595. The second kappa shape index (κ2) is 8.38. The number of hydrogen-bond donors (Lipinski definition) is 2. The van der Waals surface area contributed by atoms with Gasteiger partial charge in [-0.3, -0.25) is 4.79 Å². The van der Waals surface area contributed by atoms with Crippen LogP contribution in [-0.4, -0.2) is 52.4 Å². The summed E-state index contributed by atoms with van der Waals surface area (Å²) in [5, 5.41) is 5.55. The minimum absolute atomic E-state index is 0. The first-order chi connectivity index (χ1) is 9.30. The van der Waals surface area contributed by atoms with Gasteiger partial charge in [0, 0.05) is 33.3 Å². The van der Waals surface area contributed by atoms with Crippen molar-refractivity contribution in [3.05, 3.63) is 17.4 Å². The molecule has 0 fully saturated rings. The van der Waals surface area contributed by atoms with E-state index in [1.54, 1.807) is 6.92 Å². The first-order valence-corrected chi connectivity index (χ1v) is 7.76.